The van der Waals surface area contributed by atoms with Crippen molar-refractivity contribution in [3.05, 3.63) is 77.6 Å². The molecule has 7 nitrogen and oxygen atoms in total. The van der Waals surface area contributed by atoms with E-state index >= 15 is 0 Å². The molecular weight excluding hydrogens is 406 g/mol. The standard InChI is InChI=1S/C25H27N3O4/c1-18-16-23(19(2)28(18)22-6-4-3-5-7-22)25(30)32-17-24(29)26-20-8-10-21(11-9-20)27-12-14-31-15-13-27/h3-11,16H,12-15,17H2,1-2H3,(H,26,29). The van der Waals surface area contributed by atoms with Crippen LogP contribution >= 0.6 is 0 Å². The van der Waals surface area contributed by atoms with E-state index in [9.17, 15) is 9.59 Å². The summed E-state index contributed by atoms with van der Waals surface area (Å²) in [7, 11) is 0. The molecule has 1 aliphatic heterocycles. The number of morpholine rings is 1. The van der Waals surface area contributed by atoms with Crippen molar-refractivity contribution in [1.82, 2.24) is 4.57 Å². The summed E-state index contributed by atoms with van der Waals surface area (Å²) in [5, 5.41) is 2.77. The summed E-state index contributed by atoms with van der Waals surface area (Å²) in [6.07, 6.45) is 0. The fraction of sp³-hybridized carbons (Fsp3) is 0.280. The number of para-hydroxylation sites is 1. The van der Waals surface area contributed by atoms with Crippen molar-refractivity contribution in [3.8, 4) is 5.69 Å². The van der Waals surface area contributed by atoms with Crippen LogP contribution in [-0.4, -0.2) is 49.4 Å². The van der Waals surface area contributed by atoms with Crippen molar-refractivity contribution in [3.63, 3.8) is 0 Å². The Morgan fingerprint density at radius 1 is 0.969 bits per heavy atom. The summed E-state index contributed by atoms with van der Waals surface area (Å²) in [5.74, 6) is -0.896. The van der Waals surface area contributed by atoms with Gasteiger partial charge in [-0.25, -0.2) is 4.79 Å². The average Bonchev–Trinajstić information content (AvgIpc) is 3.13. The lowest BCUT2D eigenvalue weighted by Gasteiger charge is -2.28. The smallest absolute Gasteiger partial charge is 0.340 e. The van der Waals surface area contributed by atoms with Gasteiger partial charge in [0.15, 0.2) is 6.61 Å². The maximum absolute atomic E-state index is 12.6. The van der Waals surface area contributed by atoms with Crippen LogP contribution in [-0.2, 0) is 14.3 Å². The van der Waals surface area contributed by atoms with Crippen molar-refractivity contribution in [2.45, 2.75) is 13.8 Å². The van der Waals surface area contributed by atoms with Crippen LogP contribution in [0.5, 0.6) is 0 Å². The molecule has 1 aliphatic rings. The molecule has 2 heterocycles. The number of ether oxygens (including phenoxy) is 2. The fourth-order valence-electron chi connectivity index (χ4n) is 3.93. The van der Waals surface area contributed by atoms with Crippen LogP contribution in [0.15, 0.2) is 60.7 Å². The first-order chi connectivity index (χ1) is 15.5. The molecule has 0 saturated carbocycles. The van der Waals surface area contributed by atoms with Crippen LogP contribution in [0.1, 0.15) is 21.7 Å². The molecule has 0 bridgehead atoms. The SMILES string of the molecule is Cc1cc(C(=O)OCC(=O)Nc2ccc(N3CCOCC3)cc2)c(C)n1-c1ccccc1. The number of benzene rings is 2. The minimum Gasteiger partial charge on any atom is -0.452 e. The third-order valence-corrected chi connectivity index (χ3v) is 5.53. The van der Waals surface area contributed by atoms with Crippen molar-refractivity contribution in [2.24, 2.45) is 0 Å². The highest BCUT2D eigenvalue weighted by Crippen LogP contribution is 2.22. The van der Waals surface area contributed by atoms with Crippen molar-refractivity contribution < 1.29 is 19.1 Å². The molecule has 3 aromatic rings. The maximum Gasteiger partial charge on any atom is 0.340 e. The molecule has 0 unspecified atom stereocenters. The number of hydrogen-bond acceptors (Lipinski definition) is 5. The quantitative estimate of drug-likeness (QED) is 0.600. The highest BCUT2D eigenvalue weighted by molar-refractivity contribution is 5.96. The number of carbonyl (C=O) groups is 2. The van der Waals surface area contributed by atoms with Gasteiger partial charge in [0, 0.05) is 41.5 Å². The Hall–Kier alpha value is -3.58. The number of nitrogens with one attached hydrogen (secondary N) is 1. The van der Waals surface area contributed by atoms with Gasteiger partial charge in [-0.05, 0) is 56.3 Å². The van der Waals surface area contributed by atoms with Crippen molar-refractivity contribution in [1.29, 1.82) is 0 Å². The minimum absolute atomic E-state index is 0.348. The molecule has 4 rings (SSSR count). The molecule has 1 fully saturated rings. The van der Waals surface area contributed by atoms with E-state index in [0.717, 1.165) is 49.1 Å². The summed E-state index contributed by atoms with van der Waals surface area (Å²) in [5.41, 5.74) is 4.87. The van der Waals surface area contributed by atoms with E-state index in [1.807, 2.05) is 73.0 Å². The zero-order chi connectivity index (χ0) is 22.5. The van der Waals surface area contributed by atoms with Crippen LogP contribution in [0.25, 0.3) is 5.69 Å². The topological polar surface area (TPSA) is 72.8 Å². The highest BCUT2D eigenvalue weighted by Gasteiger charge is 2.19. The largest absolute Gasteiger partial charge is 0.452 e. The highest BCUT2D eigenvalue weighted by atomic mass is 16.5. The second-order valence-electron chi connectivity index (χ2n) is 7.73. The second kappa shape index (κ2) is 9.70. The van der Waals surface area contributed by atoms with Gasteiger partial charge >= 0.3 is 5.97 Å². The van der Waals surface area contributed by atoms with Gasteiger partial charge in [0.25, 0.3) is 5.91 Å². The first kappa shape index (κ1) is 21.6. The van der Waals surface area contributed by atoms with Gasteiger partial charge < -0.3 is 24.3 Å². The van der Waals surface area contributed by atoms with Crippen LogP contribution in [0.3, 0.4) is 0 Å². The van der Waals surface area contributed by atoms with E-state index in [-0.39, 0.29) is 12.5 Å². The zero-order valence-electron chi connectivity index (χ0n) is 18.3. The van der Waals surface area contributed by atoms with Gasteiger partial charge in [-0.2, -0.15) is 0 Å². The summed E-state index contributed by atoms with van der Waals surface area (Å²) in [6.45, 7) is 6.60. The van der Waals surface area contributed by atoms with Crippen LogP contribution < -0.4 is 10.2 Å². The van der Waals surface area contributed by atoms with E-state index in [0.29, 0.717) is 11.3 Å². The number of nitrogens with zero attached hydrogens (tertiary/aromatic N) is 2. The van der Waals surface area contributed by atoms with Crippen LogP contribution in [0.2, 0.25) is 0 Å². The molecule has 0 radical (unpaired) electrons. The molecule has 1 aromatic heterocycles. The number of hydrogen-bond donors (Lipinski definition) is 1. The summed E-state index contributed by atoms with van der Waals surface area (Å²) >= 11 is 0. The molecule has 0 atom stereocenters. The van der Waals surface area contributed by atoms with E-state index in [4.69, 9.17) is 9.47 Å². The Bertz CT molecular complexity index is 1080. The Morgan fingerprint density at radius 3 is 2.34 bits per heavy atom. The molecule has 32 heavy (non-hydrogen) atoms. The number of amides is 1. The summed E-state index contributed by atoms with van der Waals surface area (Å²) < 4.78 is 12.6. The van der Waals surface area contributed by atoms with Crippen LogP contribution in [0, 0.1) is 13.8 Å². The van der Waals surface area contributed by atoms with Crippen LogP contribution in [0.4, 0.5) is 11.4 Å². The van der Waals surface area contributed by atoms with Gasteiger partial charge in [-0.1, -0.05) is 18.2 Å². The predicted molar refractivity (Wildman–Crippen MR) is 124 cm³/mol. The molecule has 7 heteroatoms. The summed E-state index contributed by atoms with van der Waals surface area (Å²) in [6, 6.07) is 19.2. The number of aryl methyl sites for hydroxylation is 1. The number of rotatable bonds is 6. The van der Waals surface area contributed by atoms with Gasteiger partial charge in [-0.15, -0.1) is 0 Å². The molecule has 0 aliphatic carbocycles. The lowest BCUT2D eigenvalue weighted by molar-refractivity contribution is -0.119. The Kier molecular flexibility index (Phi) is 6.56. The number of anilines is 2. The number of carbonyl (C=O) groups excluding carboxylic acids is 2. The van der Waals surface area contributed by atoms with Gasteiger partial charge in [0.2, 0.25) is 0 Å². The molecule has 0 spiro atoms. The third kappa shape index (κ3) is 4.84. The normalized spacial score (nSPS) is 13.6. The molecule has 1 amide bonds. The molecule has 166 valence electrons. The molecular formula is C25H27N3O4. The molecule has 1 saturated heterocycles. The van der Waals surface area contributed by atoms with E-state index in [1.165, 1.54) is 0 Å². The van der Waals surface area contributed by atoms with E-state index < -0.39 is 5.97 Å². The van der Waals surface area contributed by atoms with E-state index in [2.05, 4.69) is 10.2 Å². The predicted octanol–water partition coefficient (Wildman–Crippen LogP) is 3.73. The third-order valence-electron chi connectivity index (χ3n) is 5.53. The van der Waals surface area contributed by atoms with Gasteiger partial charge in [-0.3, -0.25) is 4.79 Å². The maximum atomic E-state index is 12.6. The first-order valence-electron chi connectivity index (χ1n) is 10.7. The van der Waals surface area contributed by atoms with Crippen molar-refractivity contribution in [2.75, 3.05) is 43.1 Å². The van der Waals surface area contributed by atoms with Gasteiger partial charge in [0.05, 0.1) is 18.8 Å². The van der Waals surface area contributed by atoms with E-state index in [1.54, 1.807) is 6.07 Å². The minimum atomic E-state index is -0.516. The summed E-state index contributed by atoms with van der Waals surface area (Å²) in [4.78, 5) is 27.1. The lowest BCUT2D eigenvalue weighted by Crippen LogP contribution is -2.36. The number of esters is 1. The van der Waals surface area contributed by atoms with Crippen molar-refractivity contribution >= 4 is 23.3 Å². The Labute approximate surface area is 187 Å². The second-order valence-corrected chi connectivity index (χ2v) is 7.73. The Morgan fingerprint density at radius 2 is 1.66 bits per heavy atom. The fourth-order valence-corrected chi connectivity index (χ4v) is 3.93. The molecule has 1 N–H and O–H groups in total. The number of aromatic nitrogens is 1. The first-order valence-corrected chi connectivity index (χ1v) is 10.7. The zero-order valence-corrected chi connectivity index (χ0v) is 18.3. The Balaban J connectivity index is 1.34. The molecule has 2 aromatic carbocycles. The average molecular weight is 434 g/mol. The lowest BCUT2D eigenvalue weighted by atomic mass is 10.2. The monoisotopic (exact) mass is 433 g/mol. The van der Waals surface area contributed by atoms with Gasteiger partial charge in [0.1, 0.15) is 0 Å².